The summed E-state index contributed by atoms with van der Waals surface area (Å²) in [7, 11) is 0. The van der Waals surface area contributed by atoms with Crippen LogP contribution in [0, 0.1) is 10.8 Å². The van der Waals surface area contributed by atoms with Crippen molar-refractivity contribution >= 4 is 5.97 Å². The third-order valence-corrected chi connectivity index (χ3v) is 5.53. The Kier molecular flexibility index (Phi) is 2.02. The molecule has 4 aliphatic rings. The Morgan fingerprint density at radius 2 is 1.44 bits per heavy atom. The highest BCUT2D eigenvalue weighted by Crippen LogP contribution is 2.61. The first-order valence-corrected chi connectivity index (χ1v) is 6.51. The van der Waals surface area contributed by atoms with Crippen LogP contribution in [-0.4, -0.2) is 11.1 Å². The van der Waals surface area contributed by atoms with Crippen LogP contribution in [0.15, 0.2) is 11.1 Å². The van der Waals surface area contributed by atoms with Gasteiger partial charge in [-0.05, 0) is 63.7 Å². The van der Waals surface area contributed by atoms with E-state index in [1.165, 1.54) is 12.8 Å². The summed E-state index contributed by atoms with van der Waals surface area (Å²) in [6, 6.07) is 0. The van der Waals surface area contributed by atoms with Gasteiger partial charge in [-0.25, -0.2) is 0 Å². The van der Waals surface area contributed by atoms with Gasteiger partial charge < -0.3 is 5.11 Å². The number of aliphatic carboxylic acids is 1. The molecule has 0 heterocycles. The molecule has 0 aromatic carbocycles. The lowest BCUT2D eigenvalue weighted by atomic mass is 9.51. The maximum absolute atomic E-state index is 11.3. The second kappa shape index (κ2) is 3.12. The molecule has 2 heteroatoms. The number of carboxylic acids is 1. The molecule has 2 nitrogen and oxygen atoms in total. The van der Waals surface area contributed by atoms with E-state index in [0.717, 1.165) is 38.5 Å². The van der Waals surface area contributed by atoms with Gasteiger partial charge in [0, 0.05) is 0 Å². The zero-order chi connectivity index (χ0) is 11.4. The maximum Gasteiger partial charge on any atom is 0.309 e. The Bertz CT molecular complexity index is 348. The summed E-state index contributed by atoms with van der Waals surface area (Å²) in [5.74, 6) is -0.544. The molecule has 88 valence electrons. The van der Waals surface area contributed by atoms with E-state index in [-0.39, 0.29) is 5.41 Å². The number of carbonyl (C=O) groups is 1. The molecule has 4 rings (SSSR count). The van der Waals surface area contributed by atoms with Gasteiger partial charge in [-0.3, -0.25) is 4.79 Å². The van der Waals surface area contributed by atoms with E-state index >= 15 is 0 Å². The van der Waals surface area contributed by atoms with Crippen molar-refractivity contribution in [2.45, 2.75) is 58.3 Å². The number of fused-ring (bicyclic) bond motifs is 3. The molecule has 0 spiro atoms. The predicted molar refractivity (Wildman–Crippen MR) is 62.1 cm³/mol. The Morgan fingerprint density at radius 1 is 1.00 bits per heavy atom. The van der Waals surface area contributed by atoms with Crippen LogP contribution < -0.4 is 0 Å². The lowest BCUT2D eigenvalue weighted by Gasteiger charge is -2.52. The van der Waals surface area contributed by atoms with Gasteiger partial charge in [-0.2, -0.15) is 0 Å². The molecule has 0 aromatic heterocycles. The van der Waals surface area contributed by atoms with E-state index in [2.05, 4.69) is 6.92 Å². The van der Waals surface area contributed by atoms with Crippen molar-refractivity contribution < 1.29 is 9.90 Å². The van der Waals surface area contributed by atoms with Crippen LogP contribution in [0.1, 0.15) is 58.3 Å². The van der Waals surface area contributed by atoms with Gasteiger partial charge in [-0.1, -0.05) is 11.1 Å². The Morgan fingerprint density at radius 3 is 1.81 bits per heavy atom. The van der Waals surface area contributed by atoms with Gasteiger partial charge >= 0.3 is 5.97 Å². The van der Waals surface area contributed by atoms with E-state index in [1.54, 1.807) is 11.1 Å². The van der Waals surface area contributed by atoms with Gasteiger partial charge in [0.15, 0.2) is 0 Å². The number of rotatable bonds is 2. The molecule has 0 aliphatic heterocycles. The summed E-state index contributed by atoms with van der Waals surface area (Å²) in [6.07, 6.45) is 8.69. The van der Waals surface area contributed by atoms with Crippen LogP contribution in [0.3, 0.4) is 0 Å². The highest BCUT2D eigenvalue weighted by Gasteiger charge is 2.53. The summed E-state index contributed by atoms with van der Waals surface area (Å²) in [5, 5.41) is 9.35. The molecule has 16 heavy (non-hydrogen) atoms. The van der Waals surface area contributed by atoms with Crippen LogP contribution in [0.5, 0.6) is 0 Å². The fraction of sp³-hybridized carbons (Fsp3) is 0.786. The fourth-order valence-electron chi connectivity index (χ4n) is 3.88. The summed E-state index contributed by atoms with van der Waals surface area (Å²) >= 11 is 0. The first-order valence-electron chi connectivity index (χ1n) is 6.51. The summed E-state index contributed by atoms with van der Waals surface area (Å²) in [6.45, 7) is 2.31. The van der Waals surface area contributed by atoms with E-state index in [9.17, 15) is 9.90 Å². The molecule has 0 atom stereocenters. The summed E-state index contributed by atoms with van der Waals surface area (Å²) in [5.41, 5.74) is 3.36. The molecule has 4 fully saturated rings. The van der Waals surface area contributed by atoms with Crippen molar-refractivity contribution in [2.24, 2.45) is 10.8 Å². The average Bonchev–Trinajstić information content (AvgIpc) is 3.14. The number of carboxylic acid groups (broad SMARTS) is 1. The van der Waals surface area contributed by atoms with Crippen molar-refractivity contribution in [1.82, 2.24) is 0 Å². The SMILES string of the molecule is CC(=C1CC1)C12CCC(C(=O)O)(CC1)CC2. The van der Waals surface area contributed by atoms with Gasteiger partial charge in [0.1, 0.15) is 0 Å². The fourth-order valence-corrected chi connectivity index (χ4v) is 3.88. The van der Waals surface area contributed by atoms with Crippen molar-refractivity contribution in [3.63, 3.8) is 0 Å². The molecule has 0 saturated heterocycles. The third kappa shape index (κ3) is 1.28. The first kappa shape index (κ1) is 10.4. The number of hydrogen-bond donors (Lipinski definition) is 1. The topological polar surface area (TPSA) is 37.3 Å². The number of hydrogen-bond acceptors (Lipinski definition) is 1. The Labute approximate surface area is 96.7 Å². The van der Waals surface area contributed by atoms with Crippen molar-refractivity contribution in [3.8, 4) is 0 Å². The van der Waals surface area contributed by atoms with Crippen LogP contribution in [-0.2, 0) is 4.79 Å². The standard InChI is InChI=1S/C14H20O2/c1-10(11-2-3-11)13-4-7-14(8-5-13,9-6-13)12(15)16/h2-9H2,1H3,(H,15,16). The average molecular weight is 220 g/mol. The molecule has 4 saturated carbocycles. The molecule has 0 radical (unpaired) electrons. The summed E-state index contributed by atoms with van der Waals surface area (Å²) in [4.78, 5) is 11.3. The minimum absolute atomic E-state index is 0.351. The Hall–Kier alpha value is -0.790. The highest BCUT2D eigenvalue weighted by atomic mass is 16.4. The summed E-state index contributed by atoms with van der Waals surface area (Å²) < 4.78 is 0. The van der Waals surface area contributed by atoms with Crippen LogP contribution >= 0.6 is 0 Å². The van der Waals surface area contributed by atoms with Crippen molar-refractivity contribution in [1.29, 1.82) is 0 Å². The van der Waals surface area contributed by atoms with Crippen molar-refractivity contribution in [3.05, 3.63) is 11.1 Å². The van der Waals surface area contributed by atoms with E-state index < -0.39 is 5.97 Å². The third-order valence-electron chi connectivity index (χ3n) is 5.53. The molecule has 0 unspecified atom stereocenters. The smallest absolute Gasteiger partial charge is 0.309 e. The molecule has 2 bridgehead atoms. The minimum Gasteiger partial charge on any atom is -0.481 e. The van der Waals surface area contributed by atoms with E-state index in [0.29, 0.717) is 5.41 Å². The first-order chi connectivity index (χ1) is 7.58. The molecule has 0 amide bonds. The molecule has 0 aromatic rings. The maximum atomic E-state index is 11.3. The number of allylic oxidation sites excluding steroid dienone is 2. The van der Waals surface area contributed by atoms with E-state index in [1.807, 2.05) is 0 Å². The quantitative estimate of drug-likeness (QED) is 0.723. The molecular formula is C14H20O2. The largest absolute Gasteiger partial charge is 0.481 e. The zero-order valence-corrected chi connectivity index (χ0v) is 10.0. The normalized spacial score (nSPS) is 40.9. The van der Waals surface area contributed by atoms with Gasteiger partial charge in [0.05, 0.1) is 5.41 Å². The second-order valence-electron chi connectivity index (χ2n) is 6.09. The predicted octanol–water partition coefficient (Wildman–Crippen LogP) is 3.52. The monoisotopic (exact) mass is 220 g/mol. The molecule has 4 aliphatic carbocycles. The van der Waals surface area contributed by atoms with Gasteiger partial charge in [0.2, 0.25) is 0 Å². The van der Waals surface area contributed by atoms with Crippen molar-refractivity contribution in [2.75, 3.05) is 0 Å². The van der Waals surface area contributed by atoms with Crippen LogP contribution in [0.4, 0.5) is 0 Å². The lowest BCUT2D eigenvalue weighted by molar-refractivity contribution is -0.157. The van der Waals surface area contributed by atoms with E-state index in [4.69, 9.17) is 0 Å². The van der Waals surface area contributed by atoms with Crippen LogP contribution in [0.25, 0.3) is 0 Å². The molecule has 1 N–H and O–H groups in total. The highest BCUT2D eigenvalue weighted by molar-refractivity contribution is 5.75. The second-order valence-corrected chi connectivity index (χ2v) is 6.09. The lowest BCUT2D eigenvalue weighted by Crippen LogP contribution is -2.46. The van der Waals surface area contributed by atoms with Gasteiger partial charge in [0.25, 0.3) is 0 Å². The minimum atomic E-state index is -0.544. The van der Waals surface area contributed by atoms with Gasteiger partial charge in [-0.15, -0.1) is 0 Å². The Balaban J connectivity index is 1.86. The molecular weight excluding hydrogens is 200 g/mol. The van der Waals surface area contributed by atoms with Crippen LogP contribution in [0.2, 0.25) is 0 Å². The zero-order valence-electron chi connectivity index (χ0n) is 10.0.